The molecule has 0 saturated heterocycles. The third-order valence-corrected chi connectivity index (χ3v) is 4.43. The van der Waals surface area contributed by atoms with Crippen molar-refractivity contribution in [2.75, 3.05) is 0 Å². The van der Waals surface area contributed by atoms with Crippen LogP contribution in [0.3, 0.4) is 0 Å². The average Bonchev–Trinajstić information content (AvgIpc) is 3.05. The van der Waals surface area contributed by atoms with E-state index in [0.29, 0.717) is 5.92 Å². The fraction of sp³-hybridized carbons (Fsp3) is 0.286. The van der Waals surface area contributed by atoms with Crippen LogP contribution in [-0.2, 0) is 0 Å². The van der Waals surface area contributed by atoms with Crippen molar-refractivity contribution in [3.05, 3.63) is 47.1 Å². The molecule has 1 saturated carbocycles. The number of halogens is 1. The highest BCUT2D eigenvalue weighted by Crippen LogP contribution is 2.42. The number of thiophene rings is 1. The number of hydrogen-bond donors (Lipinski definition) is 1. The lowest BCUT2D eigenvalue weighted by Gasteiger charge is -2.06. The summed E-state index contributed by atoms with van der Waals surface area (Å²) in [7, 11) is 0. The molecule has 3 heteroatoms. The summed E-state index contributed by atoms with van der Waals surface area (Å²) >= 11 is 1.68. The summed E-state index contributed by atoms with van der Waals surface area (Å²) in [5.74, 6) is 0.470. The highest BCUT2D eigenvalue weighted by Gasteiger charge is 2.30. The molecule has 1 nitrogen and oxygen atoms in total. The molecule has 1 aliphatic carbocycles. The lowest BCUT2D eigenvalue weighted by atomic mass is 10.1. The number of benzene rings is 1. The topological polar surface area (TPSA) is 26.0 Å². The zero-order chi connectivity index (χ0) is 11.8. The van der Waals surface area contributed by atoms with Crippen LogP contribution in [0.5, 0.6) is 0 Å². The van der Waals surface area contributed by atoms with Gasteiger partial charge in [-0.1, -0.05) is 12.1 Å². The van der Waals surface area contributed by atoms with E-state index in [-0.39, 0.29) is 11.9 Å². The fourth-order valence-corrected chi connectivity index (χ4v) is 3.12. The van der Waals surface area contributed by atoms with Gasteiger partial charge in [0, 0.05) is 15.8 Å². The zero-order valence-electron chi connectivity index (χ0n) is 9.40. The van der Waals surface area contributed by atoms with Crippen LogP contribution in [0.4, 0.5) is 4.39 Å². The van der Waals surface area contributed by atoms with E-state index in [1.54, 1.807) is 23.5 Å². The molecule has 0 bridgehead atoms. The van der Waals surface area contributed by atoms with E-state index in [9.17, 15) is 4.39 Å². The van der Waals surface area contributed by atoms with Crippen LogP contribution in [0.2, 0.25) is 0 Å². The minimum absolute atomic E-state index is 0.169. The van der Waals surface area contributed by atoms with Crippen LogP contribution in [0, 0.1) is 11.7 Å². The van der Waals surface area contributed by atoms with Crippen molar-refractivity contribution in [2.24, 2.45) is 11.7 Å². The molecular weight excluding hydrogens is 233 g/mol. The molecule has 2 aromatic rings. The quantitative estimate of drug-likeness (QED) is 0.872. The van der Waals surface area contributed by atoms with Gasteiger partial charge in [-0.25, -0.2) is 4.39 Å². The molecule has 1 aromatic carbocycles. The molecule has 0 aliphatic heterocycles. The maximum atomic E-state index is 13.1. The van der Waals surface area contributed by atoms with Crippen molar-refractivity contribution in [3.63, 3.8) is 0 Å². The van der Waals surface area contributed by atoms with Crippen LogP contribution in [0.25, 0.3) is 10.4 Å². The van der Waals surface area contributed by atoms with Crippen molar-refractivity contribution in [2.45, 2.75) is 18.9 Å². The van der Waals surface area contributed by atoms with Gasteiger partial charge in [-0.05, 0) is 48.6 Å². The third kappa shape index (κ3) is 2.26. The summed E-state index contributed by atoms with van der Waals surface area (Å²) in [6.07, 6.45) is 2.49. The minimum atomic E-state index is -0.191. The molecule has 1 atom stereocenters. The van der Waals surface area contributed by atoms with Gasteiger partial charge in [0.1, 0.15) is 5.82 Å². The molecule has 88 valence electrons. The molecule has 1 heterocycles. The van der Waals surface area contributed by atoms with Crippen LogP contribution < -0.4 is 5.73 Å². The predicted molar refractivity (Wildman–Crippen MR) is 69.4 cm³/mol. The Morgan fingerprint density at radius 1 is 1.24 bits per heavy atom. The van der Waals surface area contributed by atoms with Crippen LogP contribution in [0.15, 0.2) is 36.4 Å². The average molecular weight is 247 g/mol. The first-order chi connectivity index (χ1) is 8.24. The lowest BCUT2D eigenvalue weighted by molar-refractivity contribution is 0.628. The van der Waals surface area contributed by atoms with E-state index in [0.717, 1.165) is 10.4 Å². The van der Waals surface area contributed by atoms with E-state index in [1.807, 2.05) is 12.1 Å². The van der Waals surface area contributed by atoms with E-state index in [1.165, 1.54) is 23.8 Å². The lowest BCUT2D eigenvalue weighted by Crippen LogP contribution is -2.10. The molecule has 1 fully saturated rings. The second kappa shape index (κ2) is 4.24. The van der Waals surface area contributed by atoms with Crippen molar-refractivity contribution in [1.29, 1.82) is 0 Å². The Morgan fingerprint density at radius 3 is 2.76 bits per heavy atom. The number of nitrogens with two attached hydrogens (primary N) is 1. The molecule has 0 amide bonds. The maximum Gasteiger partial charge on any atom is 0.123 e. The Hall–Kier alpha value is -1.19. The second-order valence-corrected chi connectivity index (χ2v) is 5.69. The normalized spacial score (nSPS) is 17.1. The summed E-state index contributed by atoms with van der Waals surface area (Å²) in [6.45, 7) is 0. The largest absolute Gasteiger partial charge is 0.323 e. The summed E-state index contributed by atoms with van der Waals surface area (Å²) in [5.41, 5.74) is 7.09. The number of hydrogen-bond acceptors (Lipinski definition) is 2. The predicted octanol–water partition coefficient (Wildman–Crippen LogP) is 3.96. The standard InChI is InChI=1S/C14H14FNS/c15-11-3-1-2-10(8-11)12-6-7-13(17-12)14(16)9-4-5-9/h1-3,6-9,14H,4-5,16H2/t14-/m0/s1. The highest BCUT2D eigenvalue weighted by molar-refractivity contribution is 7.15. The van der Waals surface area contributed by atoms with E-state index < -0.39 is 0 Å². The van der Waals surface area contributed by atoms with E-state index >= 15 is 0 Å². The van der Waals surface area contributed by atoms with E-state index in [4.69, 9.17) is 5.73 Å². The van der Waals surface area contributed by atoms with Crippen molar-refractivity contribution in [1.82, 2.24) is 0 Å². The third-order valence-electron chi connectivity index (χ3n) is 3.19. The molecule has 2 N–H and O–H groups in total. The van der Waals surface area contributed by atoms with Gasteiger partial charge in [0.2, 0.25) is 0 Å². The monoisotopic (exact) mass is 247 g/mol. The van der Waals surface area contributed by atoms with Gasteiger partial charge in [0.25, 0.3) is 0 Å². The van der Waals surface area contributed by atoms with Gasteiger partial charge in [0.15, 0.2) is 0 Å². The van der Waals surface area contributed by atoms with Crippen molar-refractivity contribution < 1.29 is 4.39 Å². The Balaban J connectivity index is 1.89. The smallest absolute Gasteiger partial charge is 0.123 e. The van der Waals surface area contributed by atoms with Gasteiger partial charge in [-0.3, -0.25) is 0 Å². The molecule has 3 rings (SSSR count). The van der Waals surface area contributed by atoms with Gasteiger partial charge >= 0.3 is 0 Å². The first kappa shape index (κ1) is 10.9. The Morgan fingerprint density at radius 2 is 2.06 bits per heavy atom. The van der Waals surface area contributed by atoms with Crippen molar-refractivity contribution in [3.8, 4) is 10.4 Å². The van der Waals surface area contributed by atoms with Gasteiger partial charge in [-0.15, -0.1) is 11.3 Å². The summed E-state index contributed by atoms with van der Waals surface area (Å²) in [5, 5.41) is 0. The van der Waals surface area contributed by atoms with Crippen molar-refractivity contribution >= 4 is 11.3 Å². The molecule has 0 unspecified atom stereocenters. The molecule has 0 spiro atoms. The first-order valence-electron chi connectivity index (χ1n) is 5.85. The SMILES string of the molecule is N[C@H](c1ccc(-c2cccc(F)c2)s1)C1CC1. The van der Waals surface area contributed by atoms with E-state index in [2.05, 4.69) is 6.07 Å². The minimum Gasteiger partial charge on any atom is -0.323 e. The van der Waals surface area contributed by atoms with Gasteiger partial charge in [0.05, 0.1) is 0 Å². The van der Waals surface area contributed by atoms with Gasteiger partial charge in [-0.2, -0.15) is 0 Å². The molecule has 1 aliphatic rings. The second-order valence-electron chi connectivity index (χ2n) is 4.58. The summed E-state index contributed by atoms with van der Waals surface area (Å²) < 4.78 is 13.1. The van der Waals surface area contributed by atoms with Crippen LogP contribution >= 0.6 is 11.3 Å². The molecular formula is C14H14FNS. The molecule has 1 aromatic heterocycles. The molecule has 17 heavy (non-hydrogen) atoms. The maximum absolute atomic E-state index is 13.1. The van der Waals surface area contributed by atoms with Gasteiger partial charge < -0.3 is 5.73 Å². The first-order valence-corrected chi connectivity index (χ1v) is 6.67. The Kier molecular flexibility index (Phi) is 2.73. The summed E-state index contributed by atoms with van der Waals surface area (Å²) in [4.78, 5) is 2.31. The van der Waals surface area contributed by atoms with Crippen LogP contribution in [0.1, 0.15) is 23.8 Å². The van der Waals surface area contributed by atoms with Crippen LogP contribution in [-0.4, -0.2) is 0 Å². The number of rotatable bonds is 3. The zero-order valence-corrected chi connectivity index (χ0v) is 10.2. The fourth-order valence-electron chi connectivity index (χ4n) is 2.02. The highest BCUT2D eigenvalue weighted by atomic mass is 32.1. The Labute approximate surface area is 104 Å². The molecule has 0 radical (unpaired) electrons. The Bertz CT molecular complexity index is 531. The summed E-state index contributed by atoms with van der Waals surface area (Å²) in [6, 6.07) is 11.0.